The van der Waals surface area contributed by atoms with Crippen LogP contribution in [0.5, 0.6) is 0 Å². The number of rotatable bonds is 9. The van der Waals surface area contributed by atoms with Gasteiger partial charge in [-0.25, -0.2) is 9.36 Å². The second-order valence-electron chi connectivity index (χ2n) is 3.89. The highest BCUT2D eigenvalue weighted by molar-refractivity contribution is 7.48. The van der Waals surface area contributed by atoms with Crippen LogP contribution in [0, 0.1) is 0 Å². The van der Waals surface area contributed by atoms with Crippen LogP contribution in [0.1, 0.15) is 26.3 Å². The number of carbonyl (C=O) groups is 1. The number of phosphoric ester groups is 1. The molecule has 0 bridgehead atoms. The summed E-state index contributed by atoms with van der Waals surface area (Å²) in [7, 11) is -3.85. The third-order valence-electron chi connectivity index (χ3n) is 2.32. The Morgan fingerprint density at radius 3 is 2.14 bits per heavy atom. The number of oxime groups is 1. The lowest BCUT2D eigenvalue weighted by Gasteiger charge is -2.14. The Bertz CT molecular complexity index is 536. The molecule has 0 amide bonds. The highest BCUT2D eigenvalue weighted by Gasteiger charge is 2.28. The summed E-state index contributed by atoms with van der Waals surface area (Å²) in [6, 6.07) is 8.57. The molecule has 0 heterocycles. The van der Waals surface area contributed by atoms with Gasteiger partial charge in [-0.1, -0.05) is 35.5 Å². The predicted molar refractivity (Wildman–Crippen MR) is 81.6 cm³/mol. The minimum Gasteiger partial charge on any atom is -0.461 e. The van der Waals surface area contributed by atoms with Crippen molar-refractivity contribution in [2.75, 3.05) is 19.8 Å². The van der Waals surface area contributed by atoms with Gasteiger partial charge in [0.25, 0.3) is 0 Å². The van der Waals surface area contributed by atoms with E-state index in [4.69, 9.17) is 18.4 Å². The van der Waals surface area contributed by atoms with Crippen molar-refractivity contribution >= 4 is 19.5 Å². The molecule has 0 spiro atoms. The second kappa shape index (κ2) is 9.35. The van der Waals surface area contributed by atoms with E-state index in [1.807, 2.05) is 0 Å². The van der Waals surface area contributed by atoms with Crippen LogP contribution in [-0.4, -0.2) is 31.5 Å². The standard InChI is InChI=1S/C14H20NO6P/c1-4-18-14(16)13(12-10-8-7-9-11-12)15-21-22(17,19-5-2)20-6-3/h7-11H,4-6H2,1-3H3. The third-order valence-corrected chi connectivity index (χ3v) is 3.75. The molecule has 0 aliphatic heterocycles. The predicted octanol–water partition coefficient (Wildman–Crippen LogP) is 3.15. The number of ether oxygens (including phenoxy) is 1. The van der Waals surface area contributed by atoms with E-state index in [2.05, 4.69) is 5.16 Å². The van der Waals surface area contributed by atoms with Crippen LogP contribution in [0.3, 0.4) is 0 Å². The first kappa shape index (κ1) is 18.4. The quantitative estimate of drug-likeness (QED) is 0.299. The van der Waals surface area contributed by atoms with Crippen molar-refractivity contribution in [2.24, 2.45) is 5.16 Å². The summed E-state index contributed by atoms with van der Waals surface area (Å²) >= 11 is 0. The molecule has 0 aromatic heterocycles. The van der Waals surface area contributed by atoms with Crippen LogP contribution in [0.4, 0.5) is 0 Å². The Morgan fingerprint density at radius 2 is 1.64 bits per heavy atom. The molecule has 0 saturated carbocycles. The minimum absolute atomic E-state index is 0.109. The van der Waals surface area contributed by atoms with Gasteiger partial charge in [-0.15, -0.1) is 0 Å². The minimum atomic E-state index is -3.85. The van der Waals surface area contributed by atoms with Crippen LogP contribution in [0.15, 0.2) is 35.5 Å². The lowest BCUT2D eigenvalue weighted by atomic mass is 10.1. The van der Waals surface area contributed by atoms with Crippen LogP contribution in [-0.2, 0) is 27.8 Å². The zero-order valence-electron chi connectivity index (χ0n) is 12.9. The molecule has 8 heteroatoms. The summed E-state index contributed by atoms with van der Waals surface area (Å²) in [4.78, 5) is 12.0. The van der Waals surface area contributed by atoms with Crippen molar-refractivity contribution in [3.05, 3.63) is 35.9 Å². The van der Waals surface area contributed by atoms with Crippen LogP contribution >= 0.6 is 7.82 Å². The lowest BCUT2D eigenvalue weighted by molar-refractivity contribution is -0.135. The van der Waals surface area contributed by atoms with Gasteiger partial charge in [0, 0.05) is 5.56 Å². The zero-order chi connectivity index (χ0) is 16.4. The molecule has 1 aromatic carbocycles. The summed E-state index contributed by atoms with van der Waals surface area (Å²) in [5.74, 6) is -0.687. The number of nitrogens with zero attached hydrogens (tertiary/aromatic N) is 1. The van der Waals surface area contributed by atoms with Crippen LogP contribution in [0.2, 0.25) is 0 Å². The van der Waals surface area contributed by atoms with Gasteiger partial charge in [0.05, 0.1) is 19.8 Å². The summed E-state index contributed by atoms with van der Waals surface area (Å²) in [6.07, 6.45) is 0. The topological polar surface area (TPSA) is 83.4 Å². The molecule has 0 radical (unpaired) electrons. The van der Waals surface area contributed by atoms with Gasteiger partial charge >= 0.3 is 13.8 Å². The van der Waals surface area contributed by atoms with Crippen molar-refractivity contribution in [2.45, 2.75) is 20.8 Å². The number of hydrogen-bond acceptors (Lipinski definition) is 7. The van der Waals surface area contributed by atoms with Gasteiger partial charge in [0.2, 0.25) is 0 Å². The van der Waals surface area contributed by atoms with Crippen molar-refractivity contribution in [3.63, 3.8) is 0 Å². The Labute approximate surface area is 129 Å². The number of benzene rings is 1. The average molecular weight is 329 g/mol. The normalized spacial score (nSPS) is 12.0. The van der Waals surface area contributed by atoms with E-state index in [0.717, 1.165) is 0 Å². The molecule has 0 atom stereocenters. The number of phosphoric acid groups is 1. The molecular weight excluding hydrogens is 309 g/mol. The highest BCUT2D eigenvalue weighted by atomic mass is 31.2. The van der Waals surface area contributed by atoms with Crippen molar-refractivity contribution in [1.82, 2.24) is 0 Å². The molecular formula is C14H20NO6P. The van der Waals surface area contributed by atoms with Crippen LogP contribution in [0.25, 0.3) is 0 Å². The Kier molecular flexibility index (Phi) is 7.80. The fraction of sp³-hybridized carbons (Fsp3) is 0.429. The Balaban J connectivity index is 3.05. The molecule has 7 nitrogen and oxygen atoms in total. The zero-order valence-corrected chi connectivity index (χ0v) is 13.7. The molecule has 122 valence electrons. The summed E-state index contributed by atoms with van der Waals surface area (Å²) in [6.45, 7) is 5.37. The number of carbonyl (C=O) groups excluding carboxylic acids is 1. The van der Waals surface area contributed by atoms with E-state index in [-0.39, 0.29) is 25.5 Å². The summed E-state index contributed by atoms with van der Waals surface area (Å²) < 4.78 is 31.9. The molecule has 22 heavy (non-hydrogen) atoms. The second-order valence-corrected chi connectivity index (χ2v) is 5.46. The molecule has 0 fully saturated rings. The molecule has 0 saturated heterocycles. The maximum Gasteiger partial charge on any atom is 0.550 e. The first-order valence-electron chi connectivity index (χ1n) is 6.94. The van der Waals surface area contributed by atoms with Gasteiger partial charge in [-0.05, 0) is 20.8 Å². The maximum atomic E-state index is 12.2. The molecule has 0 aliphatic rings. The monoisotopic (exact) mass is 329 g/mol. The average Bonchev–Trinajstić information content (AvgIpc) is 2.49. The van der Waals surface area contributed by atoms with E-state index in [1.165, 1.54) is 0 Å². The Hall–Kier alpha value is -1.69. The SMILES string of the molecule is CCOC(=O)C(=NOP(=O)(OCC)OCC)c1ccccc1. The third kappa shape index (κ3) is 5.60. The van der Waals surface area contributed by atoms with Crippen molar-refractivity contribution in [1.29, 1.82) is 0 Å². The van der Waals surface area contributed by atoms with E-state index in [9.17, 15) is 9.36 Å². The number of hydrogen-bond donors (Lipinski definition) is 0. The molecule has 1 rings (SSSR count). The van der Waals surface area contributed by atoms with E-state index in [0.29, 0.717) is 5.56 Å². The van der Waals surface area contributed by atoms with Gasteiger partial charge < -0.3 is 4.74 Å². The van der Waals surface area contributed by atoms with E-state index in [1.54, 1.807) is 51.1 Å². The number of esters is 1. The van der Waals surface area contributed by atoms with E-state index >= 15 is 0 Å². The van der Waals surface area contributed by atoms with Gasteiger partial charge in [-0.3, -0.25) is 13.7 Å². The van der Waals surface area contributed by atoms with Crippen molar-refractivity contribution in [3.8, 4) is 0 Å². The van der Waals surface area contributed by atoms with Gasteiger partial charge in [-0.2, -0.15) is 0 Å². The summed E-state index contributed by atoms with van der Waals surface area (Å²) in [5, 5.41) is 3.65. The molecule has 0 aliphatic carbocycles. The largest absolute Gasteiger partial charge is 0.550 e. The maximum absolute atomic E-state index is 12.2. The fourth-order valence-corrected chi connectivity index (χ4v) is 2.48. The smallest absolute Gasteiger partial charge is 0.461 e. The van der Waals surface area contributed by atoms with Crippen LogP contribution < -0.4 is 0 Å². The first-order valence-corrected chi connectivity index (χ1v) is 8.40. The van der Waals surface area contributed by atoms with E-state index < -0.39 is 13.8 Å². The highest BCUT2D eigenvalue weighted by Crippen LogP contribution is 2.49. The fourth-order valence-electron chi connectivity index (χ4n) is 1.49. The first-order chi connectivity index (χ1) is 10.6. The molecule has 0 unspecified atom stereocenters. The summed E-state index contributed by atoms with van der Waals surface area (Å²) in [5.41, 5.74) is 0.363. The molecule has 0 N–H and O–H groups in total. The van der Waals surface area contributed by atoms with Crippen molar-refractivity contribution < 1.29 is 27.8 Å². The lowest BCUT2D eigenvalue weighted by Crippen LogP contribution is -2.19. The Morgan fingerprint density at radius 1 is 1.05 bits per heavy atom. The van der Waals surface area contributed by atoms with Gasteiger partial charge in [0.15, 0.2) is 5.71 Å². The molecule has 1 aromatic rings. The van der Waals surface area contributed by atoms with Gasteiger partial charge in [0.1, 0.15) is 0 Å².